The fourth-order valence-electron chi connectivity index (χ4n) is 3.20. The number of piperazine rings is 1. The van der Waals surface area contributed by atoms with Crippen LogP contribution in [0.25, 0.3) is 0 Å². The molecule has 2 aromatic carbocycles. The van der Waals surface area contributed by atoms with Gasteiger partial charge >= 0.3 is 6.03 Å². The zero-order valence-corrected chi connectivity index (χ0v) is 15.8. The molecule has 6 nitrogen and oxygen atoms in total. The molecule has 144 valence electrons. The molecule has 0 aromatic heterocycles. The number of hydrogen-bond donors (Lipinski definition) is 2. The van der Waals surface area contributed by atoms with Crippen molar-refractivity contribution in [3.8, 4) is 11.5 Å². The van der Waals surface area contributed by atoms with Crippen molar-refractivity contribution < 1.29 is 19.2 Å². The van der Waals surface area contributed by atoms with Crippen molar-refractivity contribution in [2.24, 2.45) is 0 Å². The summed E-state index contributed by atoms with van der Waals surface area (Å²) in [4.78, 5) is 15.7. The summed E-state index contributed by atoms with van der Waals surface area (Å²) in [5.41, 5.74) is 1.35. The Morgan fingerprint density at radius 1 is 1.04 bits per heavy atom. The molecule has 2 N–H and O–H groups in total. The van der Waals surface area contributed by atoms with Gasteiger partial charge in [-0.25, -0.2) is 4.79 Å². The third kappa shape index (κ3) is 5.89. The molecular formula is C21H28N3O3+. The number of nitrogens with one attached hydrogen (secondary N) is 2. The molecule has 0 radical (unpaired) electrons. The molecule has 1 saturated heterocycles. The first-order chi connectivity index (χ1) is 13.2. The highest BCUT2D eigenvalue weighted by Crippen LogP contribution is 2.16. The SMILES string of the molecule is COc1ccc(OCCNC(=O)N2CC[NH+](Cc3ccccc3)CC2)cc1. The summed E-state index contributed by atoms with van der Waals surface area (Å²) in [5, 5.41) is 2.94. The Morgan fingerprint density at radius 3 is 2.37 bits per heavy atom. The number of amides is 2. The highest BCUT2D eigenvalue weighted by Gasteiger charge is 2.23. The Morgan fingerprint density at radius 2 is 1.70 bits per heavy atom. The van der Waals surface area contributed by atoms with E-state index in [0.29, 0.717) is 13.2 Å². The first kappa shape index (κ1) is 19.0. The minimum absolute atomic E-state index is 0.00732. The molecule has 1 aliphatic rings. The van der Waals surface area contributed by atoms with Crippen molar-refractivity contribution >= 4 is 6.03 Å². The predicted molar refractivity (Wildman–Crippen MR) is 104 cm³/mol. The van der Waals surface area contributed by atoms with Gasteiger partial charge in [-0.3, -0.25) is 0 Å². The summed E-state index contributed by atoms with van der Waals surface area (Å²) >= 11 is 0. The zero-order valence-electron chi connectivity index (χ0n) is 15.8. The smallest absolute Gasteiger partial charge is 0.317 e. The monoisotopic (exact) mass is 370 g/mol. The minimum atomic E-state index is -0.00732. The van der Waals surface area contributed by atoms with Crippen LogP contribution in [0, 0.1) is 0 Å². The van der Waals surface area contributed by atoms with Crippen LogP contribution in [0.1, 0.15) is 5.56 Å². The number of urea groups is 1. The number of benzene rings is 2. The van der Waals surface area contributed by atoms with E-state index < -0.39 is 0 Å². The van der Waals surface area contributed by atoms with E-state index in [9.17, 15) is 4.79 Å². The second kappa shape index (κ2) is 9.83. The number of hydrogen-bond acceptors (Lipinski definition) is 3. The van der Waals surface area contributed by atoms with Gasteiger partial charge in [0, 0.05) is 5.56 Å². The third-order valence-corrected chi connectivity index (χ3v) is 4.76. The number of rotatable bonds is 7. The molecule has 6 heteroatoms. The van der Waals surface area contributed by atoms with Crippen LogP contribution >= 0.6 is 0 Å². The lowest BCUT2D eigenvalue weighted by Gasteiger charge is -2.32. The van der Waals surface area contributed by atoms with E-state index >= 15 is 0 Å². The topological polar surface area (TPSA) is 55.2 Å². The van der Waals surface area contributed by atoms with Crippen LogP contribution in [-0.2, 0) is 6.54 Å². The van der Waals surface area contributed by atoms with Crippen molar-refractivity contribution in [1.82, 2.24) is 10.2 Å². The number of ether oxygens (including phenoxy) is 2. The quantitative estimate of drug-likeness (QED) is 0.720. The molecule has 2 aromatic rings. The van der Waals surface area contributed by atoms with Gasteiger partial charge in [0.2, 0.25) is 0 Å². The van der Waals surface area contributed by atoms with Crippen molar-refractivity contribution in [2.75, 3.05) is 46.4 Å². The molecule has 2 amide bonds. The first-order valence-corrected chi connectivity index (χ1v) is 9.42. The van der Waals surface area contributed by atoms with Crippen LogP contribution < -0.4 is 19.7 Å². The molecule has 1 heterocycles. The van der Waals surface area contributed by atoms with Gasteiger partial charge in [-0.15, -0.1) is 0 Å². The molecular weight excluding hydrogens is 342 g/mol. The Bertz CT molecular complexity index is 698. The van der Waals surface area contributed by atoms with Crippen LogP contribution in [0.5, 0.6) is 11.5 Å². The maximum Gasteiger partial charge on any atom is 0.317 e. The van der Waals surface area contributed by atoms with Crippen molar-refractivity contribution in [1.29, 1.82) is 0 Å². The van der Waals surface area contributed by atoms with Crippen molar-refractivity contribution in [3.05, 3.63) is 60.2 Å². The molecule has 0 bridgehead atoms. The lowest BCUT2D eigenvalue weighted by atomic mass is 10.2. The number of methoxy groups -OCH3 is 1. The molecule has 3 rings (SSSR count). The summed E-state index contributed by atoms with van der Waals surface area (Å²) in [6.07, 6.45) is 0. The zero-order chi connectivity index (χ0) is 18.9. The fraction of sp³-hybridized carbons (Fsp3) is 0.381. The second-order valence-electron chi connectivity index (χ2n) is 6.66. The van der Waals surface area contributed by atoms with Gasteiger partial charge in [0.25, 0.3) is 0 Å². The van der Waals surface area contributed by atoms with Crippen LogP contribution in [0.3, 0.4) is 0 Å². The van der Waals surface area contributed by atoms with Gasteiger partial charge in [-0.1, -0.05) is 30.3 Å². The summed E-state index contributed by atoms with van der Waals surface area (Å²) in [6.45, 7) is 5.47. The highest BCUT2D eigenvalue weighted by atomic mass is 16.5. The van der Waals surface area contributed by atoms with E-state index in [0.717, 1.165) is 44.2 Å². The molecule has 1 fully saturated rings. The summed E-state index contributed by atoms with van der Waals surface area (Å²) in [6, 6.07) is 17.9. The number of nitrogens with zero attached hydrogens (tertiary/aromatic N) is 1. The summed E-state index contributed by atoms with van der Waals surface area (Å²) in [7, 11) is 1.63. The summed E-state index contributed by atoms with van der Waals surface area (Å²) < 4.78 is 10.7. The molecule has 0 spiro atoms. The number of carbonyl (C=O) groups is 1. The van der Waals surface area contributed by atoms with Crippen LogP contribution in [0.4, 0.5) is 4.79 Å². The maximum absolute atomic E-state index is 12.3. The second-order valence-corrected chi connectivity index (χ2v) is 6.66. The number of carbonyl (C=O) groups excluding carboxylic acids is 1. The van der Waals surface area contributed by atoms with Gasteiger partial charge in [-0.05, 0) is 24.3 Å². The lowest BCUT2D eigenvalue weighted by Crippen LogP contribution is -3.13. The normalized spacial score (nSPS) is 14.6. The van der Waals surface area contributed by atoms with E-state index in [1.165, 1.54) is 10.5 Å². The molecule has 0 unspecified atom stereocenters. The van der Waals surface area contributed by atoms with Crippen molar-refractivity contribution in [2.45, 2.75) is 6.54 Å². The van der Waals surface area contributed by atoms with E-state index in [4.69, 9.17) is 9.47 Å². The lowest BCUT2D eigenvalue weighted by molar-refractivity contribution is -0.917. The molecule has 27 heavy (non-hydrogen) atoms. The van der Waals surface area contributed by atoms with E-state index in [1.54, 1.807) is 7.11 Å². The van der Waals surface area contributed by atoms with Gasteiger partial charge in [-0.2, -0.15) is 0 Å². The average molecular weight is 370 g/mol. The Balaban J connectivity index is 1.32. The van der Waals surface area contributed by atoms with Crippen LogP contribution in [-0.4, -0.2) is 57.4 Å². The molecule has 1 aliphatic heterocycles. The standard InChI is InChI=1S/C21H27N3O3/c1-26-19-7-9-20(10-8-19)27-16-11-22-21(25)24-14-12-23(13-15-24)17-18-5-3-2-4-6-18/h2-10H,11-17H2,1H3,(H,22,25)/p+1. The highest BCUT2D eigenvalue weighted by molar-refractivity contribution is 5.74. The number of quaternary nitrogens is 1. The Hall–Kier alpha value is -2.73. The molecule has 0 saturated carbocycles. The van der Waals surface area contributed by atoms with E-state index in [1.807, 2.05) is 35.2 Å². The fourth-order valence-corrected chi connectivity index (χ4v) is 3.20. The van der Waals surface area contributed by atoms with E-state index in [2.05, 4.69) is 29.6 Å². The largest absolute Gasteiger partial charge is 0.497 e. The third-order valence-electron chi connectivity index (χ3n) is 4.76. The Labute approximate surface area is 160 Å². The van der Waals surface area contributed by atoms with Gasteiger partial charge in [0.05, 0.1) is 39.8 Å². The van der Waals surface area contributed by atoms with Crippen molar-refractivity contribution in [3.63, 3.8) is 0 Å². The minimum Gasteiger partial charge on any atom is -0.497 e. The predicted octanol–water partition coefficient (Wildman–Crippen LogP) is 1.18. The van der Waals surface area contributed by atoms with E-state index in [-0.39, 0.29) is 6.03 Å². The maximum atomic E-state index is 12.3. The van der Waals surface area contributed by atoms with Gasteiger partial charge in [0.15, 0.2) is 0 Å². The van der Waals surface area contributed by atoms with Gasteiger partial charge in [0.1, 0.15) is 24.7 Å². The van der Waals surface area contributed by atoms with Crippen LogP contribution in [0.15, 0.2) is 54.6 Å². The summed E-state index contributed by atoms with van der Waals surface area (Å²) in [5.74, 6) is 1.56. The first-order valence-electron chi connectivity index (χ1n) is 9.42. The van der Waals surface area contributed by atoms with Gasteiger partial charge < -0.3 is 24.6 Å². The molecule has 0 atom stereocenters. The van der Waals surface area contributed by atoms with Crippen LogP contribution in [0.2, 0.25) is 0 Å². The average Bonchev–Trinajstić information content (AvgIpc) is 2.73. The Kier molecular flexibility index (Phi) is 6.93. The molecule has 0 aliphatic carbocycles.